The van der Waals surface area contributed by atoms with Gasteiger partial charge in [-0.3, -0.25) is 14.2 Å². The topological polar surface area (TPSA) is 55.2 Å². The molecular formula is C21H23N3O2S2. The van der Waals surface area contributed by atoms with E-state index < -0.39 is 0 Å². The van der Waals surface area contributed by atoms with E-state index in [1.165, 1.54) is 43.4 Å². The van der Waals surface area contributed by atoms with Crippen molar-refractivity contribution in [3.05, 3.63) is 49.5 Å². The molecule has 0 spiro atoms. The van der Waals surface area contributed by atoms with Crippen LogP contribution in [0.3, 0.4) is 0 Å². The lowest BCUT2D eigenvalue weighted by atomic mass is 9.89. The quantitative estimate of drug-likeness (QED) is 0.643. The smallest absolute Gasteiger partial charge is 0.264 e. The fourth-order valence-electron chi connectivity index (χ4n) is 4.53. The number of fused-ring (bicyclic) bond motifs is 3. The van der Waals surface area contributed by atoms with Gasteiger partial charge in [0.2, 0.25) is 0 Å². The maximum absolute atomic E-state index is 13.2. The molecule has 4 heterocycles. The highest BCUT2D eigenvalue weighted by molar-refractivity contribution is 7.18. The van der Waals surface area contributed by atoms with E-state index in [0.29, 0.717) is 19.0 Å². The Morgan fingerprint density at radius 3 is 2.89 bits per heavy atom. The van der Waals surface area contributed by atoms with Crippen molar-refractivity contribution in [2.24, 2.45) is 5.92 Å². The van der Waals surface area contributed by atoms with Crippen LogP contribution in [0, 0.1) is 5.92 Å². The average Bonchev–Trinajstić information content (AvgIpc) is 3.38. The summed E-state index contributed by atoms with van der Waals surface area (Å²) in [6.45, 7) is 2.02. The van der Waals surface area contributed by atoms with Crippen LogP contribution in [0.15, 0.2) is 28.6 Å². The summed E-state index contributed by atoms with van der Waals surface area (Å²) in [5.41, 5.74) is 1.22. The molecule has 0 atom stereocenters. The molecule has 1 saturated carbocycles. The van der Waals surface area contributed by atoms with E-state index in [1.807, 2.05) is 27.0 Å². The van der Waals surface area contributed by atoms with Gasteiger partial charge < -0.3 is 4.90 Å². The number of amides is 1. The van der Waals surface area contributed by atoms with E-state index in [9.17, 15) is 9.59 Å². The predicted octanol–water partition coefficient (Wildman–Crippen LogP) is 4.30. The van der Waals surface area contributed by atoms with E-state index in [0.717, 1.165) is 38.5 Å². The first-order valence-electron chi connectivity index (χ1n) is 10.0. The lowest BCUT2D eigenvalue weighted by molar-refractivity contribution is 0.0742. The maximum atomic E-state index is 13.2. The Morgan fingerprint density at radius 2 is 2.11 bits per heavy atom. The zero-order valence-electron chi connectivity index (χ0n) is 15.7. The standard InChI is InChI=1S/C21H23N3O2S2/c25-20(16-7-4-10-27-16)23-9-8-15-17(12-23)28-19-18(15)21(26)24(13-22-19)11-14-5-2-1-3-6-14/h4,7,10,13-14H,1-3,5-6,8-9,11-12H2. The summed E-state index contributed by atoms with van der Waals surface area (Å²) < 4.78 is 1.83. The van der Waals surface area contributed by atoms with Gasteiger partial charge in [0.25, 0.3) is 11.5 Å². The molecule has 3 aromatic rings. The molecule has 5 nitrogen and oxygen atoms in total. The second-order valence-electron chi connectivity index (χ2n) is 7.84. The van der Waals surface area contributed by atoms with Gasteiger partial charge in [-0.05, 0) is 42.2 Å². The fraction of sp³-hybridized carbons (Fsp3) is 0.476. The zero-order valence-corrected chi connectivity index (χ0v) is 17.4. The molecule has 1 aliphatic heterocycles. The van der Waals surface area contributed by atoms with Crippen LogP contribution in [0.5, 0.6) is 0 Å². The van der Waals surface area contributed by atoms with Crippen LogP contribution in [0.4, 0.5) is 0 Å². The molecule has 146 valence electrons. The second-order valence-corrected chi connectivity index (χ2v) is 9.88. The van der Waals surface area contributed by atoms with Crippen LogP contribution in [-0.4, -0.2) is 26.9 Å². The van der Waals surface area contributed by atoms with Crippen molar-refractivity contribution >= 4 is 38.8 Å². The Morgan fingerprint density at radius 1 is 1.25 bits per heavy atom. The first-order chi connectivity index (χ1) is 13.7. The number of thiophene rings is 2. The molecule has 0 bridgehead atoms. The Kier molecular flexibility index (Phi) is 4.80. The highest BCUT2D eigenvalue weighted by Crippen LogP contribution is 2.33. The van der Waals surface area contributed by atoms with Crippen LogP contribution in [-0.2, 0) is 19.5 Å². The Labute approximate surface area is 171 Å². The summed E-state index contributed by atoms with van der Waals surface area (Å²) in [4.78, 5) is 35.1. The SMILES string of the molecule is O=C(c1cccs1)N1CCc2c(sc3ncn(CC4CCCCC4)c(=O)c23)C1. The number of carbonyl (C=O) groups is 1. The largest absolute Gasteiger partial charge is 0.332 e. The molecular weight excluding hydrogens is 390 g/mol. The highest BCUT2D eigenvalue weighted by atomic mass is 32.1. The van der Waals surface area contributed by atoms with Gasteiger partial charge in [0.1, 0.15) is 4.83 Å². The van der Waals surface area contributed by atoms with Crippen molar-refractivity contribution in [2.45, 2.75) is 51.6 Å². The van der Waals surface area contributed by atoms with Gasteiger partial charge >= 0.3 is 0 Å². The molecule has 5 rings (SSSR count). The first-order valence-corrected chi connectivity index (χ1v) is 11.7. The number of rotatable bonds is 3. The van der Waals surface area contributed by atoms with Gasteiger partial charge in [-0.1, -0.05) is 25.3 Å². The number of hydrogen-bond acceptors (Lipinski definition) is 5. The highest BCUT2D eigenvalue weighted by Gasteiger charge is 2.27. The van der Waals surface area contributed by atoms with E-state index in [4.69, 9.17) is 0 Å². The van der Waals surface area contributed by atoms with E-state index in [-0.39, 0.29) is 11.5 Å². The van der Waals surface area contributed by atoms with Gasteiger partial charge in [-0.15, -0.1) is 22.7 Å². The molecule has 0 unspecified atom stereocenters. The summed E-state index contributed by atoms with van der Waals surface area (Å²) in [5.74, 6) is 0.680. The lowest BCUT2D eigenvalue weighted by Gasteiger charge is -2.26. The Balaban J connectivity index is 1.44. The van der Waals surface area contributed by atoms with Crippen molar-refractivity contribution in [1.29, 1.82) is 0 Å². The van der Waals surface area contributed by atoms with Gasteiger partial charge in [0.15, 0.2) is 0 Å². The van der Waals surface area contributed by atoms with Crippen molar-refractivity contribution in [3.8, 4) is 0 Å². The first kappa shape index (κ1) is 18.1. The third kappa shape index (κ3) is 3.20. The minimum absolute atomic E-state index is 0.0841. The van der Waals surface area contributed by atoms with Gasteiger partial charge in [-0.2, -0.15) is 0 Å². The van der Waals surface area contributed by atoms with Crippen molar-refractivity contribution in [3.63, 3.8) is 0 Å². The Hall–Kier alpha value is -1.99. The molecule has 1 aliphatic carbocycles. The molecule has 1 amide bonds. The average molecular weight is 414 g/mol. The number of carbonyl (C=O) groups excluding carboxylic acids is 1. The summed E-state index contributed by atoms with van der Waals surface area (Å²) in [6.07, 6.45) is 8.76. The summed E-state index contributed by atoms with van der Waals surface area (Å²) >= 11 is 3.05. The summed E-state index contributed by atoms with van der Waals surface area (Å²) in [5, 5.41) is 2.72. The molecule has 2 aliphatic rings. The lowest BCUT2D eigenvalue weighted by Crippen LogP contribution is -2.35. The van der Waals surface area contributed by atoms with Crippen LogP contribution in [0.25, 0.3) is 10.2 Å². The third-order valence-corrected chi connectivity index (χ3v) is 8.01. The van der Waals surface area contributed by atoms with Gasteiger partial charge in [-0.25, -0.2) is 4.98 Å². The predicted molar refractivity (Wildman–Crippen MR) is 113 cm³/mol. The van der Waals surface area contributed by atoms with Crippen molar-refractivity contribution in [2.75, 3.05) is 6.54 Å². The minimum Gasteiger partial charge on any atom is -0.332 e. The molecule has 7 heteroatoms. The van der Waals surface area contributed by atoms with Crippen LogP contribution >= 0.6 is 22.7 Å². The number of aromatic nitrogens is 2. The molecule has 3 aromatic heterocycles. The minimum atomic E-state index is 0.0841. The summed E-state index contributed by atoms with van der Waals surface area (Å²) in [7, 11) is 0. The molecule has 0 aromatic carbocycles. The number of hydrogen-bond donors (Lipinski definition) is 0. The van der Waals surface area contributed by atoms with Crippen molar-refractivity contribution < 1.29 is 4.79 Å². The van der Waals surface area contributed by atoms with E-state index in [2.05, 4.69) is 4.98 Å². The molecule has 0 N–H and O–H groups in total. The Bertz CT molecular complexity index is 1060. The second kappa shape index (κ2) is 7.44. The fourth-order valence-corrected chi connectivity index (χ4v) is 6.41. The van der Waals surface area contributed by atoms with Crippen LogP contribution in [0.1, 0.15) is 52.2 Å². The van der Waals surface area contributed by atoms with Crippen LogP contribution < -0.4 is 5.56 Å². The summed E-state index contributed by atoms with van der Waals surface area (Å²) in [6, 6.07) is 3.78. The molecule has 1 fully saturated rings. The maximum Gasteiger partial charge on any atom is 0.264 e. The van der Waals surface area contributed by atoms with Gasteiger partial charge in [0.05, 0.1) is 23.1 Å². The van der Waals surface area contributed by atoms with Gasteiger partial charge in [0, 0.05) is 18.0 Å². The van der Waals surface area contributed by atoms with Crippen LogP contribution in [0.2, 0.25) is 0 Å². The van der Waals surface area contributed by atoms with E-state index in [1.54, 1.807) is 17.7 Å². The molecule has 28 heavy (non-hydrogen) atoms. The zero-order chi connectivity index (χ0) is 19.1. The third-order valence-electron chi connectivity index (χ3n) is 6.03. The number of nitrogens with zero attached hydrogens (tertiary/aromatic N) is 3. The van der Waals surface area contributed by atoms with E-state index >= 15 is 0 Å². The molecule has 0 radical (unpaired) electrons. The monoisotopic (exact) mass is 413 g/mol. The van der Waals surface area contributed by atoms with Crippen molar-refractivity contribution in [1.82, 2.24) is 14.5 Å². The molecule has 0 saturated heterocycles. The normalized spacial score (nSPS) is 17.8.